The first-order valence-corrected chi connectivity index (χ1v) is 6.28. The lowest BCUT2D eigenvalue weighted by Crippen LogP contribution is -1.83. The SMILES string of the molecule is Cc1ccc(Br)c(-c2ccccc2Br)c1. The van der Waals surface area contributed by atoms with Gasteiger partial charge in [-0.1, -0.05) is 67.8 Å². The average Bonchev–Trinajstić information content (AvgIpc) is 2.23. The van der Waals surface area contributed by atoms with Crippen molar-refractivity contribution >= 4 is 31.9 Å². The Hall–Kier alpha value is -0.600. The molecule has 0 amide bonds. The molecule has 0 radical (unpaired) electrons. The van der Waals surface area contributed by atoms with E-state index in [0.29, 0.717) is 0 Å². The number of halogens is 2. The smallest absolute Gasteiger partial charge is 0.0254 e. The summed E-state index contributed by atoms with van der Waals surface area (Å²) in [5, 5.41) is 0. The summed E-state index contributed by atoms with van der Waals surface area (Å²) in [6.07, 6.45) is 0. The minimum Gasteiger partial charge on any atom is -0.0616 e. The van der Waals surface area contributed by atoms with Gasteiger partial charge >= 0.3 is 0 Å². The Morgan fingerprint density at radius 2 is 1.47 bits per heavy atom. The van der Waals surface area contributed by atoms with Crippen LogP contribution in [0.1, 0.15) is 5.56 Å². The van der Waals surface area contributed by atoms with Crippen LogP contribution in [0.3, 0.4) is 0 Å². The number of hydrogen-bond donors (Lipinski definition) is 0. The molecule has 2 aromatic carbocycles. The summed E-state index contributed by atoms with van der Waals surface area (Å²) in [7, 11) is 0. The van der Waals surface area contributed by atoms with Crippen LogP contribution in [-0.4, -0.2) is 0 Å². The van der Waals surface area contributed by atoms with Gasteiger partial charge in [-0.15, -0.1) is 0 Å². The summed E-state index contributed by atoms with van der Waals surface area (Å²) >= 11 is 7.15. The minimum absolute atomic E-state index is 1.12. The molecule has 2 aromatic rings. The first kappa shape index (κ1) is 10.9. The highest BCUT2D eigenvalue weighted by Crippen LogP contribution is 2.33. The lowest BCUT2D eigenvalue weighted by molar-refractivity contribution is 1.44. The van der Waals surface area contributed by atoms with Gasteiger partial charge in [-0.25, -0.2) is 0 Å². The first-order valence-electron chi connectivity index (χ1n) is 4.69. The van der Waals surface area contributed by atoms with Crippen molar-refractivity contribution in [2.75, 3.05) is 0 Å². The van der Waals surface area contributed by atoms with E-state index in [1.54, 1.807) is 0 Å². The lowest BCUT2D eigenvalue weighted by Gasteiger charge is -2.08. The highest BCUT2D eigenvalue weighted by molar-refractivity contribution is 9.11. The van der Waals surface area contributed by atoms with Crippen molar-refractivity contribution in [1.82, 2.24) is 0 Å². The summed E-state index contributed by atoms with van der Waals surface area (Å²) in [5.41, 5.74) is 3.71. The molecular formula is C13H10Br2. The van der Waals surface area contributed by atoms with E-state index < -0.39 is 0 Å². The lowest BCUT2D eigenvalue weighted by atomic mass is 10.0. The standard InChI is InChI=1S/C13H10Br2/c1-9-6-7-13(15)11(8-9)10-4-2-3-5-12(10)14/h2-8H,1H3. The molecule has 2 rings (SSSR count). The summed E-state index contributed by atoms with van der Waals surface area (Å²) in [5.74, 6) is 0. The predicted octanol–water partition coefficient (Wildman–Crippen LogP) is 5.19. The average molecular weight is 326 g/mol. The van der Waals surface area contributed by atoms with E-state index in [4.69, 9.17) is 0 Å². The molecule has 15 heavy (non-hydrogen) atoms. The second-order valence-corrected chi connectivity index (χ2v) is 5.17. The van der Waals surface area contributed by atoms with Gasteiger partial charge in [-0.3, -0.25) is 0 Å². The van der Waals surface area contributed by atoms with Gasteiger partial charge in [-0.2, -0.15) is 0 Å². The molecule has 0 N–H and O–H groups in total. The van der Waals surface area contributed by atoms with Gasteiger partial charge in [0.15, 0.2) is 0 Å². The zero-order chi connectivity index (χ0) is 10.8. The fourth-order valence-electron chi connectivity index (χ4n) is 1.53. The number of aryl methyl sites for hydroxylation is 1. The van der Waals surface area contributed by atoms with E-state index >= 15 is 0 Å². The molecule has 0 aliphatic carbocycles. The van der Waals surface area contributed by atoms with Crippen LogP contribution < -0.4 is 0 Å². The van der Waals surface area contributed by atoms with Crippen LogP contribution >= 0.6 is 31.9 Å². The third kappa shape index (κ3) is 2.32. The molecule has 0 nitrogen and oxygen atoms in total. The van der Waals surface area contributed by atoms with Gasteiger partial charge in [0.2, 0.25) is 0 Å². The van der Waals surface area contributed by atoms with E-state index in [1.165, 1.54) is 16.7 Å². The van der Waals surface area contributed by atoms with E-state index in [-0.39, 0.29) is 0 Å². The number of hydrogen-bond acceptors (Lipinski definition) is 0. The molecule has 0 fully saturated rings. The summed E-state index contributed by atoms with van der Waals surface area (Å²) in [6.45, 7) is 2.10. The van der Waals surface area contributed by atoms with Gasteiger partial charge in [0, 0.05) is 8.95 Å². The van der Waals surface area contributed by atoms with Crippen molar-refractivity contribution < 1.29 is 0 Å². The molecule has 0 aliphatic rings. The Morgan fingerprint density at radius 1 is 0.800 bits per heavy atom. The van der Waals surface area contributed by atoms with Gasteiger partial charge in [0.05, 0.1) is 0 Å². The molecule has 0 atom stereocenters. The van der Waals surface area contributed by atoms with E-state index in [2.05, 4.69) is 75.2 Å². The van der Waals surface area contributed by atoms with E-state index in [0.717, 1.165) is 8.95 Å². The molecule has 0 aliphatic heterocycles. The molecular weight excluding hydrogens is 316 g/mol. The Kier molecular flexibility index (Phi) is 3.27. The summed E-state index contributed by atoms with van der Waals surface area (Å²) in [4.78, 5) is 0. The third-order valence-corrected chi connectivity index (χ3v) is 3.67. The van der Waals surface area contributed by atoms with Crippen LogP contribution in [0.25, 0.3) is 11.1 Å². The fraction of sp³-hybridized carbons (Fsp3) is 0.0769. The molecule has 0 heterocycles. The van der Waals surface area contributed by atoms with Gasteiger partial charge in [-0.05, 0) is 30.2 Å². The van der Waals surface area contributed by atoms with Crippen molar-refractivity contribution in [3.63, 3.8) is 0 Å². The van der Waals surface area contributed by atoms with Crippen molar-refractivity contribution in [2.24, 2.45) is 0 Å². The molecule has 76 valence electrons. The highest BCUT2D eigenvalue weighted by Gasteiger charge is 2.05. The van der Waals surface area contributed by atoms with Crippen LogP contribution in [0.5, 0.6) is 0 Å². The van der Waals surface area contributed by atoms with Crippen LogP contribution in [-0.2, 0) is 0 Å². The maximum atomic E-state index is 3.58. The Bertz CT molecular complexity index is 490. The molecule has 2 heteroatoms. The van der Waals surface area contributed by atoms with E-state index in [9.17, 15) is 0 Å². The molecule has 0 unspecified atom stereocenters. The number of benzene rings is 2. The molecule has 0 bridgehead atoms. The Balaban J connectivity index is 2.64. The topological polar surface area (TPSA) is 0 Å². The third-order valence-electron chi connectivity index (χ3n) is 2.29. The molecule has 0 saturated heterocycles. The predicted molar refractivity (Wildman–Crippen MR) is 72.0 cm³/mol. The highest BCUT2D eigenvalue weighted by atomic mass is 79.9. The van der Waals surface area contributed by atoms with Crippen molar-refractivity contribution in [1.29, 1.82) is 0 Å². The molecule has 0 aromatic heterocycles. The van der Waals surface area contributed by atoms with Crippen LogP contribution in [0.4, 0.5) is 0 Å². The fourth-order valence-corrected chi connectivity index (χ4v) is 2.48. The first-order chi connectivity index (χ1) is 7.18. The number of rotatable bonds is 1. The Labute approximate surface area is 107 Å². The van der Waals surface area contributed by atoms with E-state index in [1.807, 2.05) is 6.07 Å². The zero-order valence-corrected chi connectivity index (χ0v) is 11.5. The van der Waals surface area contributed by atoms with Crippen molar-refractivity contribution in [3.05, 3.63) is 57.0 Å². The van der Waals surface area contributed by atoms with Crippen LogP contribution in [0.2, 0.25) is 0 Å². The second-order valence-electron chi connectivity index (χ2n) is 3.46. The monoisotopic (exact) mass is 324 g/mol. The molecule has 0 saturated carbocycles. The van der Waals surface area contributed by atoms with Crippen LogP contribution in [0, 0.1) is 6.92 Å². The normalized spacial score (nSPS) is 10.3. The molecule has 0 spiro atoms. The second kappa shape index (κ2) is 4.50. The van der Waals surface area contributed by atoms with Gasteiger partial charge in [0.1, 0.15) is 0 Å². The van der Waals surface area contributed by atoms with Gasteiger partial charge < -0.3 is 0 Å². The van der Waals surface area contributed by atoms with Gasteiger partial charge in [0.25, 0.3) is 0 Å². The minimum atomic E-state index is 1.12. The Morgan fingerprint density at radius 3 is 2.20 bits per heavy atom. The van der Waals surface area contributed by atoms with Crippen molar-refractivity contribution in [2.45, 2.75) is 6.92 Å². The quantitative estimate of drug-likeness (QED) is 0.677. The maximum Gasteiger partial charge on any atom is 0.0254 e. The van der Waals surface area contributed by atoms with Crippen LogP contribution in [0.15, 0.2) is 51.4 Å². The summed E-state index contributed by atoms with van der Waals surface area (Å²) in [6, 6.07) is 14.6. The zero-order valence-electron chi connectivity index (χ0n) is 8.30. The van der Waals surface area contributed by atoms with Crippen molar-refractivity contribution in [3.8, 4) is 11.1 Å². The maximum absolute atomic E-state index is 3.58. The summed E-state index contributed by atoms with van der Waals surface area (Å²) < 4.78 is 2.25. The largest absolute Gasteiger partial charge is 0.0616 e.